The molecule has 26 heavy (non-hydrogen) atoms. The molecular weight excluding hydrogens is 356 g/mol. The van der Waals surface area contributed by atoms with E-state index in [4.69, 9.17) is 25.8 Å². The maximum atomic E-state index is 11.9. The van der Waals surface area contributed by atoms with Gasteiger partial charge in [-0.25, -0.2) is 4.79 Å². The Kier molecular flexibility index (Phi) is 7.24. The number of allylic oxidation sites excluding steroid dienone is 1. The Morgan fingerprint density at radius 1 is 1.04 bits per heavy atom. The van der Waals surface area contributed by atoms with Crippen LogP contribution in [-0.2, 0) is 9.53 Å². The lowest BCUT2D eigenvalue weighted by Gasteiger charge is -2.11. The number of Topliss-reactive ketones (excluding diaryl/α,β-unsaturated/α-hetero) is 1. The summed E-state index contributed by atoms with van der Waals surface area (Å²) in [6, 6.07) is 11.7. The zero-order valence-electron chi connectivity index (χ0n) is 14.5. The summed E-state index contributed by atoms with van der Waals surface area (Å²) in [6.45, 7) is 1.23. The normalized spacial score (nSPS) is 10.6. The maximum Gasteiger partial charge on any atom is 0.344 e. The second kappa shape index (κ2) is 9.63. The molecule has 5 nitrogen and oxygen atoms in total. The van der Waals surface area contributed by atoms with Crippen LogP contribution in [-0.4, -0.2) is 32.1 Å². The molecule has 136 valence electrons. The Morgan fingerprint density at radius 3 is 2.42 bits per heavy atom. The molecular formula is C20H19ClO5. The van der Waals surface area contributed by atoms with Crippen molar-refractivity contribution in [2.75, 3.05) is 20.3 Å². The number of halogens is 1. The number of rotatable bonds is 8. The monoisotopic (exact) mass is 374 g/mol. The number of benzene rings is 2. The highest BCUT2D eigenvalue weighted by atomic mass is 35.5. The third-order valence-electron chi connectivity index (χ3n) is 3.42. The summed E-state index contributed by atoms with van der Waals surface area (Å²) in [6.07, 6.45) is 3.83. The number of ether oxygens (including phenoxy) is 3. The highest BCUT2D eigenvalue weighted by Crippen LogP contribution is 2.28. The van der Waals surface area contributed by atoms with Crippen LogP contribution in [0.15, 0.2) is 48.5 Å². The van der Waals surface area contributed by atoms with Crippen LogP contribution < -0.4 is 9.47 Å². The van der Waals surface area contributed by atoms with Gasteiger partial charge in [-0.05, 0) is 48.9 Å². The van der Waals surface area contributed by atoms with Gasteiger partial charge in [0.1, 0.15) is 0 Å². The minimum Gasteiger partial charge on any atom is -0.493 e. The fourth-order valence-corrected chi connectivity index (χ4v) is 2.27. The van der Waals surface area contributed by atoms with Gasteiger partial charge in [0.05, 0.1) is 7.11 Å². The number of esters is 1. The van der Waals surface area contributed by atoms with E-state index in [9.17, 15) is 9.59 Å². The van der Waals surface area contributed by atoms with Crippen LogP contribution in [0.3, 0.4) is 0 Å². The van der Waals surface area contributed by atoms with Crippen LogP contribution >= 0.6 is 11.6 Å². The summed E-state index contributed by atoms with van der Waals surface area (Å²) in [7, 11) is 1.52. The first kappa shape index (κ1) is 19.5. The van der Waals surface area contributed by atoms with Gasteiger partial charge in [-0.15, -0.1) is 0 Å². The van der Waals surface area contributed by atoms with Crippen LogP contribution in [0.1, 0.15) is 22.8 Å². The maximum absolute atomic E-state index is 11.9. The fourth-order valence-electron chi connectivity index (χ4n) is 2.14. The van der Waals surface area contributed by atoms with E-state index in [-0.39, 0.29) is 19.0 Å². The van der Waals surface area contributed by atoms with Crippen LogP contribution in [0.2, 0.25) is 5.02 Å². The third kappa shape index (κ3) is 5.63. The Morgan fingerprint density at radius 2 is 1.77 bits per heavy atom. The summed E-state index contributed by atoms with van der Waals surface area (Å²) >= 11 is 5.77. The topological polar surface area (TPSA) is 61.8 Å². The molecule has 0 bridgehead atoms. The molecule has 0 radical (unpaired) electrons. The van der Waals surface area contributed by atoms with Crippen molar-refractivity contribution in [2.45, 2.75) is 6.92 Å². The van der Waals surface area contributed by atoms with Crippen LogP contribution in [0, 0.1) is 0 Å². The van der Waals surface area contributed by atoms with Crippen molar-refractivity contribution >= 4 is 29.4 Å². The SMILES string of the molecule is C/C=C/c1ccc(OCC(=O)OCC(=O)c2ccc(Cl)cc2)c(OC)c1. The number of methoxy groups -OCH3 is 1. The van der Waals surface area contributed by atoms with E-state index in [0.717, 1.165) is 5.56 Å². The van der Waals surface area contributed by atoms with Crippen molar-refractivity contribution < 1.29 is 23.8 Å². The lowest BCUT2D eigenvalue weighted by molar-refractivity contribution is -0.144. The molecule has 0 aliphatic rings. The molecule has 0 aliphatic carbocycles. The number of ketones is 1. The van der Waals surface area contributed by atoms with E-state index in [0.29, 0.717) is 22.1 Å². The molecule has 0 heterocycles. The highest BCUT2D eigenvalue weighted by Gasteiger charge is 2.12. The molecule has 2 aromatic carbocycles. The molecule has 0 spiro atoms. The predicted octanol–water partition coefficient (Wildman–Crippen LogP) is 4.19. The van der Waals surface area contributed by atoms with E-state index in [1.165, 1.54) is 7.11 Å². The van der Waals surface area contributed by atoms with Crippen molar-refractivity contribution in [1.82, 2.24) is 0 Å². The fraction of sp³-hybridized carbons (Fsp3) is 0.200. The van der Waals surface area contributed by atoms with Gasteiger partial charge in [-0.1, -0.05) is 29.8 Å². The van der Waals surface area contributed by atoms with Gasteiger partial charge >= 0.3 is 5.97 Å². The van der Waals surface area contributed by atoms with Crippen molar-refractivity contribution in [3.63, 3.8) is 0 Å². The second-order valence-corrected chi connectivity index (χ2v) is 5.73. The second-order valence-electron chi connectivity index (χ2n) is 5.29. The molecule has 2 rings (SSSR count). The van der Waals surface area contributed by atoms with Crippen LogP contribution in [0.4, 0.5) is 0 Å². The van der Waals surface area contributed by atoms with Crippen molar-refractivity contribution in [2.24, 2.45) is 0 Å². The average Bonchev–Trinajstić information content (AvgIpc) is 2.65. The molecule has 0 aliphatic heterocycles. The van der Waals surface area contributed by atoms with Gasteiger partial charge in [-0.2, -0.15) is 0 Å². The standard InChI is InChI=1S/C20H19ClO5/c1-3-4-14-5-10-18(19(11-14)24-2)25-13-20(23)26-12-17(22)15-6-8-16(21)9-7-15/h3-11H,12-13H2,1-2H3/b4-3+. The van der Waals surface area contributed by atoms with E-state index >= 15 is 0 Å². The van der Waals surface area contributed by atoms with Crippen LogP contribution in [0.5, 0.6) is 11.5 Å². The van der Waals surface area contributed by atoms with Gasteiger partial charge in [0.25, 0.3) is 0 Å². The van der Waals surface area contributed by atoms with Crippen LogP contribution in [0.25, 0.3) is 6.08 Å². The molecule has 0 fully saturated rings. The van der Waals surface area contributed by atoms with Crippen molar-refractivity contribution in [3.8, 4) is 11.5 Å². The minimum absolute atomic E-state index is 0.316. The lowest BCUT2D eigenvalue weighted by atomic mass is 10.1. The Balaban J connectivity index is 1.86. The Hall–Kier alpha value is -2.79. The zero-order valence-corrected chi connectivity index (χ0v) is 15.3. The van der Waals surface area contributed by atoms with E-state index < -0.39 is 5.97 Å². The highest BCUT2D eigenvalue weighted by molar-refractivity contribution is 6.30. The summed E-state index contributed by atoms with van der Waals surface area (Å²) in [5, 5.41) is 0.529. The summed E-state index contributed by atoms with van der Waals surface area (Å²) in [5.41, 5.74) is 1.37. The first-order valence-electron chi connectivity index (χ1n) is 7.91. The smallest absolute Gasteiger partial charge is 0.344 e. The number of carbonyl (C=O) groups excluding carboxylic acids is 2. The molecule has 0 atom stereocenters. The van der Waals surface area contributed by atoms with Crippen molar-refractivity contribution in [1.29, 1.82) is 0 Å². The van der Waals surface area contributed by atoms with Gasteiger partial charge in [0.15, 0.2) is 30.5 Å². The van der Waals surface area contributed by atoms with Crippen molar-refractivity contribution in [3.05, 3.63) is 64.7 Å². The molecule has 0 unspecified atom stereocenters. The molecule has 0 N–H and O–H groups in total. The average molecular weight is 375 g/mol. The third-order valence-corrected chi connectivity index (χ3v) is 3.67. The first-order chi connectivity index (χ1) is 12.5. The number of hydrogen-bond donors (Lipinski definition) is 0. The number of carbonyl (C=O) groups is 2. The molecule has 0 amide bonds. The van der Waals surface area contributed by atoms with E-state index in [1.54, 1.807) is 36.4 Å². The quantitative estimate of drug-likeness (QED) is 0.512. The molecule has 0 saturated carbocycles. The van der Waals surface area contributed by atoms with E-state index in [1.807, 2.05) is 25.1 Å². The Labute approximate surface area is 157 Å². The summed E-state index contributed by atoms with van der Waals surface area (Å²) < 4.78 is 15.6. The van der Waals surface area contributed by atoms with Gasteiger partial charge in [0, 0.05) is 10.6 Å². The van der Waals surface area contributed by atoms with Gasteiger partial charge in [0.2, 0.25) is 0 Å². The lowest BCUT2D eigenvalue weighted by Crippen LogP contribution is -2.19. The predicted molar refractivity (Wildman–Crippen MR) is 99.9 cm³/mol. The van der Waals surface area contributed by atoms with E-state index in [2.05, 4.69) is 0 Å². The first-order valence-corrected chi connectivity index (χ1v) is 8.29. The summed E-state index contributed by atoms with van der Waals surface area (Å²) in [4.78, 5) is 23.7. The molecule has 2 aromatic rings. The van der Waals surface area contributed by atoms with Gasteiger partial charge in [-0.3, -0.25) is 4.79 Å². The molecule has 0 saturated heterocycles. The summed E-state index contributed by atoms with van der Waals surface area (Å²) in [5.74, 6) is -0.0393. The zero-order chi connectivity index (χ0) is 18.9. The number of hydrogen-bond acceptors (Lipinski definition) is 5. The van der Waals surface area contributed by atoms with Gasteiger partial charge < -0.3 is 14.2 Å². The molecule has 6 heteroatoms. The Bertz CT molecular complexity index is 796. The molecule has 0 aromatic heterocycles. The minimum atomic E-state index is -0.646. The largest absolute Gasteiger partial charge is 0.493 e.